The Morgan fingerprint density at radius 3 is 2.69 bits per heavy atom. The van der Waals surface area contributed by atoms with Gasteiger partial charge in [-0.15, -0.1) is 0 Å². The number of hydrogen-bond donors (Lipinski definition) is 2. The van der Waals surface area contributed by atoms with Crippen molar-refractivity contribution in [3.63, 3.8) is 0 Å². The highest BCUT2D eigenvalue weighted by Crippen LogP contribution is 2.34. The van der Waals surface area contributed by atoms with Crippen LogP contribution in [-0.4, -0.2) is 11.7 Å². The molecule has 16 heavy (non-hydrogen) atoms. The van der Waals surface area contributed by atoms with Crippen LogP contribution in [0.25, 0.3) is 0 Å². The number of hydrogen-bond acceptors (Lipinski definition) is 2. The van der Waals surface area contributed by atoms with Crippen LogP contribution in [0, 0.1) is 11.8 Å². The van der Waals surface area contributed by atoms with Crippen molar-refractivity contribution >= 4 is 0 Å². The van der Waals surface area contributed by atoms with Gasteiger partial charge in [0, 0.05) is 6.42 Å². The molecule has 0 aromatic heterocycles. The van der Waals surface area contributed by atoms with Crippen molar-refractivity contribution < 1.29 is 5.11 Å². The molecule has 0 radical (unpaired) electrons. The minimum Gasteiger partial charge on any atom is -0.512 e. The normalized spacial score (nSPS) is 21.6. The van der Waals surface area contributed by atoms with Crippen LogP contribution >= 0.6 is 0 Å². The highest BCUT2D eigenvalue weighted by atomic mass is 16.3. The zero-order valence-electron chi connectivity index (χ0n) is 10.8. The largest absolute Gasteiger partial charge is 0.512 e. The Balaban J connectivity index is 2.79. The van der Waals surface area contributed by atoms with Gasteiger partial charge in [0.2, 0.25) is 0 Å². The summed E-state index contributed by atoms with van der Waals surface area (Å²) in [5.41, 5.74) is 8.09. The van der Waals surface area contributed by atoms with Crippen LogP contribution in [0.1, 0.15) is 46.5 Å². The van der Waals surface area contributed by atoms with E-state index < -0.39 is 0 Å². The molecule has 0 aromatic rings. The van der Waals surface area contributed by atoms with Crippen LogP contribution in [0.3, 0.4) is 0 Å². The smallest absolute Gasteiger partial charge is 0.0960 e. The number of nitrogens with two attached hydrogens (primary N) is 1. The molecule has 0 fully saturated rings. The van der Waals surface area contributed by atoms with Crippen LogP contribution in [0.4, 0.5) is 0 Å². The second-order valence-corrected chi connectivity index (χ2v) is 5.11. The molecule has 1 rings (SSSR count). The third kappa shape index (κ3) is 3.38. The summed E-state index contributed by atoms with van der Waals surface area (Å²) >= 11 is 0. The standard InChI is InChI=1S/C14H25NO/c1-4-11-8-12(5-6-15)14(16)9-13(11)7-10(2)3/h8,10,13,16H,4-7,9,15H2,1-3H3. The number of aliphatic hydroxyl groups excluding tert-OH is 1. The Bertz CT molecular complexity index is 289. The van der Waals surface area contributed by atoms with E-state index in [-0.39, 0.29) is 0 Å². The summed E-state index contributed by atoms with van der Waals surface area (Å²) in [4.78, 5) is 0. The van der Waals surface area contributed by atoms with Crippen molar-refractivity contribution in [2.75, 3.05) is 6.54 Å². The fraction of sp³-hybridized carbons (Fsp3) is 0.714. The lowest BCUT2D eigenvalue weighted by molar-refractivity contribution is 0.328. The third-order valence-electron chi connectivity index (χ3n) is 3.27. The van der Waals surface area contributed by atoms with Crippen LogP contribution in [0.5, 0.6) is 0 Å². The number of aliphatic hydroxyl groups is 1. The maximum absolute atomic E-state index is 9.98. The summed E-state index contributed by atoms with van der Waals surface area (Å²) in [6.07, 6.45) is 6.04. The fourth-order valence-electron chi connectivity index (χ4n) is 2.49. The molecular formula is C14H25NO. The van der Waals surface area contributed by atoms with Gasteiger partial charge >= 0.3 is 0 Å². The van der Waals surface area contributed by atoms with Crippen LogP contribution in [-0.2, 0) is 0 Å². The molecule has 0 aliphatic heterocycles. The first-order chi connectivity index (χ1) is 7.58. The van der Waals surface area contributed by atoms with Gasteiger partial charge in [0.15, 0.2) is 0 Å². The van der Waals surface area contributed by atoms with Gasteiger partial charge in [-0.2, -0.15) is 0 Å². The molecule has 2 heteroatoms. The third-order valence-corrected chi connectivity index (χ3v) is 3.27. The highest BCUT2D eigenvalue weighted by molar-refractivity contribution is 5.32. The second-order valence-electron chi connectivity index (χ2n) is 5.11. The molecule has 0 aromatic carbocycles. The second kappa shape index (κ2) is 6.09. The molecule has 1 unspecified atom stereocenters. The van der Waals surface area contributed by atoms with Crippen molar-refractivity contribution in [3.8, 4) is 0 Å². The summed E-state index contributed by atoms with van der Waals surface area (Å²) in [5, 5.41) is 9.98. The Labute approximate surface area is 99.2 Å². The predicted molar refractivity (Wildman–Crippen MR) is 69.3 cm³/mol. The van der Waals surface area contributed by atoms with Gasteiger partial charge in [0.25, 0.3) is 0 Å². The highest BCUT2D eigenvalue weighted by Gasteiger charge is 2.22. The fourth-order valence-corrected chi connectivity index (χ4v) is 2.49. The first-order valence-electron chi connectivity index (χ1n) is 6.40. The lowest BCUT2D eigenvalue weighted by Crippen LogP contribution is -2.15. The molecular weight excluding hydrogens is 198 g/mol. The Morgan fingerprint density at radius 1 is 1.50 bits per heavy atom. The molecule has 1 aliphatic carbocycles. The topological polar surface area (TPSA) is 46.2 Å². The zero-order valence-corrected chi connectivity index (χ0v) is 10.8. The molecule has 0 spiro atoms. The van der Waals surface area contributed by atoms with E-state index in [9.17, 15) is 5.11 Å². The lowest BCUT2D eigenvalue weighted by Gasteiger charge is -2.26. The van der Waals surface area contributed by atoms with E-state index in [1.165, 1.54) is 12.0 Å². The summed E-state index contributed by atoms with van der Waals surface area (Å²) in [6.45, 7) is 7.29. The number of allylic oxidation sites excluding steroid dienone is 3. The molecule has 2 nitrogen and oxygen atoms in total. The first kappa shape index (κ1) is 13.3. The monoisotopic (exact) mass is 223 g/mol. The molecule has 3 N–H and O–H groups in total. The van der Waals surface area contributed by atoms with E-state index in [0.717, 1.165) is 24.8 Å². The molecule has 0 heterocycles. The van der Waals surface area contributed by atoms with Crippen LogP contribution in [0.2, 0.25) is 0 Å². The molecule has 0 amide bonds. The summed E-state index contributed by atoms with van der Waals surface area (Å²) in [6, 6.07) is 0. The van der Waals surface area contributed by atoms with Gasteiger partial charge in [-0.3, -0.25) is 0 Å². The Hall–Kier alpha value is -0.760. The Kier molecular flexibility index (Phi) is 5.07. The summed E-state index contributed by atoms with van der Waals surface area (Å²) < 4.78 is 0. The molecule has 92 valence electrons. The molecule has 0 bridgehead atoms. The SMILES string of the molecule is CCC1=CC(CCN)=C(O)CC1CC(C)C. The van der Waals surface area contributed by atoms with Crippen LogP contribution < -0.4 is 5.73 Å². The van der Waals surface area contributed by atoms with Gasteiger partial charge in [-0.25, -0.2) is 0 Å². The van der Waals surface area contributed by atoms with Crippen molar-refractivity contribution in [3.05, 3.63) is 23.0 Å². The lowest BCUT2D eigenvalue weighted by atomic mass is 9.80. The maximum Gasteiger partial charge on any atom is 0.0960 e. The average Bonchev–Trinajstić information content (AvgIpc) is 2.21. The Morgan fingerprint density at radius 2 is 2.19 bits per heavy atom. The number of rotatable bonds is 5. The van der Waals surface area contributed by atoms with Gasteiger partial charge in [0.1, 0.15) is 0 Å². The van der Waals surface area contributed by atoms with Gasteiger partial charge in [0.05, 0.1) is 5.76 Å². The quantitative estimate of drug-likeness (QED) is 0.748. The minimum atomic E-state index is 0.534. The van der Waals surface area contributed by atoms with Gasteiger partial charge < -0.3 is 10.8 Å². The van der Waals surface area contributed by atoms with Crippen molar-refractivity contribution in [2.24, 2.45) is 17.6 Å². The summed E-state index contributed by atoms with van der Waals surface area (Å²) in [5.74, 6) is 1.78. The van der Waals surface area contributed by atoms with E-state index in [0.29, 0.717) is 24.1 Å². The molecule has 0 saturated heterocycles. The first-order valence-corrected chi connectivity index (χ1v) is 6.40. The average molecular weight is 223 g/mol. The van der Waals surface area contributed by atoms with Crippen molar-refractivity contribution in [1.82, 2.24) is 0 Å². The molecule has 1 atom stereocenters. The van der Waals surface area contributed by atoms with Gasteiger partial charge in [-0.05, 0) is 43.2 Å². The van der Waals surface area contributed by atoms with E-state index in [1.54, 1.807) is 0 Å². The van der Waals surface area contributed by atoms with E-state index >= 15 is 0 Å². The summed E-state index contributed by atoms with van der Waals surface area (Å²) in [7, 11) is 0. The maximum atomic E-state index is 9.98. The van der Waals surface area contributed by atoms with E-state index in [1.807, 2.05) is 0 Å². The van der Waals surface area contributed by atoms with Gasteiger partial charge in [-0.1, -0.05) is 32.4 Å². The van der Waals surface area contributed by atoms with E-state index in [2.05, 4.69) is 26.8 Å². The minimum absolute atomic E-state index is 0.534. The van der Waals surface area contributed by atoms with Crippen LogP contribution in [0.15, 0.2) is 23.0 Å². The van der Waals surface area contributed by atoms with Crippen molar-refractivity contribution in [1.29, 1.82) is 0 Å². The van der Waals surface area contributed by atoms with Crippen molar-refractivity contribution in [2.45, 2.75) is 46.5 Å². The molecule has 1 aliphatic rings. The molecule has 0 saturated carbocycles. The zero-order chi connectivity index (χ0) is 12.1. The van der Waals surface area contributed by atoms with E-state index in [4.69, 9.17) is 5.73 Å². The predicted octanol–water partition coefficient (Wildman–Crippen LogP) is 3.55.